The molecule has 0 saturated carbocycles. The number of benzene rings is 2. The fourth-order valence-electron chi connectivity index (χ4n) is 5.24. The van der Waals surface area contributed by atoms with E-state index in [9.17, 15) is 36.5 Å². The zero-order valence-corrected chi connectivity index (χ0v) is 23.0. The highest BCUT2D eigenvalue weighted by atomic mass is 32.1. The summed E-state index contributed by atoms with van der Waals surface area (Å²) in [7, 11) is 0. The van der Waals surface area contributed by atoms with E-state index in [1.54, 1.807) is 6.07 Å². The number of nitro benzene ring substituents is 1. The molecular formula is C27H31F6N5O2S. The van der Waals surface area contributed by atoms with Gasteiger partial charge < -0.3 is 15.1 Å². The average Bonchev–Trinajstić information content (AvgIpc) is 2.93. The highest BCUT2D eigenvalue weighted by molar-refractivity contribution is 7.80. The Bertz CT molecular complexity index is 1230. The topological polar surface area (TPSA) is 64.9 Å². The Morgan fingerprint density at radius 2 is 1.63 bits per heavy atom. The lowest BCUT2D eigenvalue weighted by atomic mass is 10.0. The summed E-state index contributed by atoms with van der Waals surface area (Å²) in [5.74, 6) is 0. The lowest BCUT2D eigenvalue weighted by Crippen LogP contribution is -2.47. The van der Waals surface area contributed by atoms with Gasteiger partial charge in [0, 0.05) is 62.8 Å². The van der Waals surface area contributed by atoms with E-state index in [0.29, 0.717) is 44.7 Å². The van der Waals surface area contributed by atoms with Crippen molar-refractivity contribution in [3.05, 3.63) is 63.7 Å². The molecule has 2 saturated heterocycles. The number of thiocarbonyl (C=S) groups is 1. The molecule has 0 unspecified atom stereocenters. The van der Waals surface area contributed by atoms with Crippen LogP contribution in [0.4, 0.5) is 43.4 Å². The van der Waals surface area contributed by atoms with Gasteiger partial charge in [-0.15, -0.1) is 0 Å². The van der Waals surface area contributed by atoms with Gasteiger partial charge in [-0.2, -0.15) is 26.3 Å². The van der Waals surface area contributed by atoms with Gasteiger partial charge in [-0.3, -0.25) is 15.0 Å². The van der Waals surface area contributed by atoms with Crippen LogP contribution >= 0.6 is 12.2 Å². The van der Waals surface area contributed by atoms with E-state index in [1.165, 1.54) is 18.2 Å². The number of nitrogens with one attached hydrogen (secondary N) is 1. The number of halogens is 6. The van der Waals surface area contributed by atoms with Crippen LogP contribution in [-0.4, -0.2) is 71.6 Å². The largest absolute Gasteiger partial charge is 0.423 e. The molecule has 2 fully saturated rings. The van der Waals surface area contributed by atoms with Crippen LogP contribution in [0.3, 0.4) is 0 Å². The summed E-state index contributed by atoms with van der Waals surface area (Å²) >= 11 is 5.63. The number of hydrogen-bond acceptors (Lipinski definition) is 6. The molecule has 4 rings (SSSR count). The van der Waals surface area contributed by atoms with Crippen LogP contribution in [0.25, 0.3) is 0 Å². The summed E-state index contributed by atoms with van der Waals surface area (Å²) < 4.78 is 78.9. The van der Waals surface area contributed by atoms with E-state index in [4.69, 9.17) is 12.2 Å². The van der Waals surface area contributed by atoms with Crippen molar-refractivity contribution in [2.75, 3.05) is 56.0 Å². The fraction of sp³-hybridized carbons (Fsp3) is 0.519. The first-order chi connectivity index (χ1) is 19.3. The summed E-state index contributed by atoms with van der Waals surface area (Å²) in [6.07, 6.45) is -6.30. The number of nitrogens with zero attached hydrogens (tertiary/aromatic N) is 4. The van der Waals surface area contributed by atoms with Gasteiger partial charge in [0.15, 0.2) is 0 Å². The van der Waals surface area contributed by atoms with Crippen LogP contribution in [0.5, 0.6) is 0 Å². The number of likely N-dealkylation sites (tertiary alicyclic amines) is 1. The smallest absolute Gasteiger partial charge is 0.382 e. The van der Waals surface area contributed by atoms with E-state index in [-0.39, 0.29) is 11.7 Å². The summed E-state index contributed by atoms with van der Waals surface area (Å²) in [6, 6.07) is 8.28. The molecule has 2 aliphatic rings. The zero-order chi connectivity index (χ0) is 29.8. The Hall–Kier alpha value is -3.13. The number of nitro groups is 1. The molecule has 224 valence electrons. The Kier molecular flexibility index (Phi) is 9.62. The van der Waals surface area contributed by atoms with Gasteiger partial charge in [0.05, 0.1) is 15.5 Å². The lowest BCUT2D eigenvalue weighted by molar-refractivity contribution is -0.388. The fourth-order valence-corrected chi connectivity index (χ4v) is 5.57. The number of rotatable bonds is 8. The molecule has 2 heterocycles. The number of anilines is 2. The van der Waals surface area contributed by atoms with Gasteiger partial charge in [0.2, 0.25) is 0 Å². The second kappa shape index (κ2) is 12.8. The first-order valence-electron chi connectivity index (χ1n) is 13.4. The third kappa shape index (κ3) is 8.22. The number of hydrogen-bond donors (Lipinski definition) is 1. The summed E-state index contributed by atoms with van der Waals surface area (Å²) in [5.41, 5.74) is -2.12. The predicted molar refractivity (Wildman–Crippen MR) is 148 cm³/mol. The SMILES string of the molecule is O=[N+]([O-])c1ccc(NC2CCN(C(=S)CCCN3CCN(c4cccc(C(F)(F)F)c4)CC3)CC2)cc1C(F)(F)F. The molecule has 2 aromatic carbocycles. The second-order valence-corrected chi connectivity index (χ2v) is 10.7. The van der Waals surface area contributed by atoms with E-state index in [2.05, 4.69) is 15.1 Å². The average molecular weight is 604 g/mol. The first-order valence-corrected chi connectivity index (χ1v) is 13.8. The maximum atomic E-state index is 13.3. The highest BCUT2D eigenvalue weighted by Crippen LogP contribution is 2.38. The van der Waals surface area contributed by atoms with Gasteiger partial charge in [-0.1, -0.05) is 18.3 Å². The van der Waals surface area contributed by atoms with Crippen molar-refractivity contribution in [3.8, 4) is 0 Å². The minimum atomic E-state index is -4.83. The molecule has 7 nitrogen and oxygen atoms in total. The van der Waals surface area contributed by atoms with Crippen LogP contribution in [0.15, 0.2) is 42.5 Å². The highest BCUT2D eigenvalue weighted by Gasteiger charge is 2.38. The van der Waals surface area contributed by atoms with Crippen molar-refractivity contribution in [1.82, 2.24) is 9.80 Å². The van der Waals surface area contributed by atoms with E-state index < -0.39 is 34.1 Å². The van der Waals surface area contributed by atoms with Crippen molar-refractivity contribution in [3.63, 3.8) is 0 Å². The van der Waals surface area contributed by atoms with Crippen molar-refractivity contribution in [2.24, 2.45) is 0 Å². The van der Waals surface area contributed by atoms with Gasteiger partial charge in [0.1, 0.15) is 5.56 Å². The molecule has 1 N–H and O–H groups in total. The zero-order valence-electron chi connectivity index (χ0n) is 22.2. The van der Waals surface area contributed by atoms with Crippen LogP contribution in [-0.2, 0) is 12.4 Å². The minimum Gasteiger partial charge on any atom is -0.382 e. The molecule has 14 heteroatoms. The number of alkyl halides is 6. The van der Waals surface area contributed by atoms with Crippen LogP contribution < -0.4 is 10.2 Å². The predicted octanol–water partition coefficient (Wildman–Crippen LogP) is 6.44. The van der Waals surface area contributed by atoms with Crippen molar-refractivity contribution in [1.29, 1.82) is 0 Å². The van der Waals surface area contributed by atoms with Gasteiger partial charge in [-0.25, -0.2) is 0 Å². The second-order valence-electron chi connectivity index (χ2n) is 10.3. The molecular weight excluding hydrogens is 572 g/mol. The molecule has 0 spiro atoms. The Balaban J connectivity index is 1.17. The third-order valence-corrected chi connectivity index (χ3v) is 7.96. The molecule has 0 aliphatic carbocycles. The van der Waals surface area contributed by atoms with Gasteiger partial charge in [0.25, 0.3) is 5.69 Å². The molecule has 0 radical (unpaired) electrons. The van der Waals surface area contributed by atoms with Crippen molar-refractivity contribution < 1.29 is 31.3 Å². The van der Waals surface area contributed by atoms with Gasteiger partial charge in [-0.05, 0) is 62.6 Å². The normalized spacial score (nSPS) is 17.5. The molecule has 0 amide bonds. The molecule has 0 atom stereocenters. The number of piperidine rings is 1. The standard InChI is InChI=1S/C27H31F6N5O2S/c28-26(29,30)19-3-1-4-22(17-19)36-15-13-35(14-16-36)10-2-5-25(41)37-11-8-20(9-12-37)34-21-6-7-24(38(39)40)23(18-21)27(31,32)33/h1,3-4,6-7,17-18,20,34H,2,5,8-16H2. The Labute approximate surface area is 239 Å². The quantitative estimate of drug-likeness (QED) is 0.161. The molecule has 2 aromatic rings. The summed E-state index contributed by atoms with van der Waals surface area (Å²) in [5, 5.41) is 14.0. The van der Waals surface area contributed by atoms with Crippen molar-refractivity contribution in [2.45, 2.75) is 44.1 Å². The van der Waals surface area contributed by atoms with E-state index in [0.717, 1.165) is 55.7 Å². The summed E-state index contributed by atoms with van der Waals surface area (Å²) in [4.78, 5) is 17.1. The van der Waals surface area contributed by atoms with Gasteiger partial charge >= 0.3 is 12.4 Å². The van der Waals surface area contributed by atoms with Crippen LogP contribution in [0.2, 0.25) is 0 Å². The third-order valence-electron chi connectivity index (χ3n) is 7.49. The molecule has 2 aliphatic heterocycles. The summed E-state index contributed by atoms with van der Waals surface area (Å²) in [6.45, 7) is 4.93. The van der Waals surface area contributed by atoms with E-state index in [1.807, 2.05) is 4.90 Å². The van der Waals surface area contributed by atoms with Crippen LogP contribution in [0.1, 0.15) is 36.8 Å². The maximum absolute atomic E-state index is 13.3. The van der Waals surface area contributed by atoms with Crippen LogP contribution in [0, 0.1) is 10.1 Å². The molecule has 0 aromatic heterocycles. The molecule has 0 bridgehead atoms. The Morgan fingerprint density at radius 1 is 0.951 bits per heavy atom. The first kappa shape index (κ1) is 30.8. The lowest BCUT2D eigenvalue weighted by Gasteiger charge is -2.37. The van der Waals surface area contributed by atoms with E-state index >= 15 is 0 Å². The minimum absolute atomic E-state index is 0.0790. The monoisotopic (exact) mass is 603 g/mol. The van der Waals surface area contributed by atoms with Crippen molar-refractivity contribution >= 4 is 34.3 Å². The molecule has 41 heavy (non-hydrogen) atoms. The Morgan fingerprint density at radius 3 is 2.24 bits per heavy atom. The maximum Gasteiger partial charge on any atom is 0.423 e. The number of piperazine rings is 1.